The molecule has 0 atom stereocenters. The van der Waals surface area contributed by atoms with E-state index in [1.807, 2.05) is 7.05 Å². The van der Waals surface area contributed by atoms with Gasteiger partial charge in [0.15, 0.2) is 5.96 Å². The molecule has 0 aromatic carbocycles. The molecule has 2 fully saturated rings. The highest BCUT2D eigenvalue weighted by molar-refractivity contribution is 14.0. The van der Waals surface area contributed by atoms with E-state index in [2.05, 4.69) is 39.7 Å². The van der Waals surface area contributed by atoms with E-state index in [1.54, 1.807) is 0 Å². The van der Waals surface area contributed by atoms with Crippen molar-refractivity contribution in [3.8, 4) is 0 Å². The van der Waals surface area contributed by atoms with Crippen molar-refractivity contribution >= 4 is 35.8 Å². The van der Waals surface area contributed by atoms with Crippen molar-refractivity contribution in [1.82, 2.24) is 20.9 Å². The molecule has 0 radical (unpaired) electrons. The number of nitrogens with one attached hydrogen (secondary N) is 3. The van der Waals surface area contributed by atoms with Crippen molar-refractivity contribution in [1.29, 1.82) is 0 Å². The summed E-state index contributed by atoms with van der Waals surface area (Å²) < 4.78 is 0. The Morgan fingerprint density at radius 2 is 1.85 bits per heavy atom. The van der Waals surface area contributed by atoms with E-state index in [9.17, 15) is 4.79 Å². The number of nitrogens with zero attached hydrogens (tertiary/aromatic N) is 2. The van der Waals surface area contributed by atoms with E-state index in [-0.39, 0.29) is 29.9 Å². The van der Waals surface area contributed by atoms with Gasteiger partial charge >= 0.3 is 0 Å². The van der Waals surface area contributed by atoms with Gasteiger partial charge in [-0.2, -0.15) is 0 Å². The van der Waals surface area contributed by atoms with Crippen LogP contribution in [-0.2, 0) is 4.79 Å². The van der Waals surface area contributed by atoms with E-state index in [0.717, 1.165) is 51.4 Å². The lowest BCUT2D eigenvalue weighted by Crippen LogP contribution is -2.51. The second-order valence-corrected chi connectivity index (χ2v) is 7.99. The number of carbonyl (C=O) groups is 1. The van der Waals surface area contributed by atoms with Crippen LogP contribution in [-0.4, -0.2) is 62.6 Å². The van der Waals surface area contributed by atoms with Gasteiger partial charge in [0.1, 0.15) is 0 Å². The molecule has 1 aliphatic carbocycles. The van der Waals surface area contributed by atoms with Crippen LogP contribution in [0.2, 0.25) is 0 Å². The summed E-state index contributed by atoms with van der Waals surface area (Å²) in [5.74, 6) is 1.07. The van der Waals surface area contributed by atoms with Crippen LogP contribution >= 0.6 is 24.0 Å². The molecule has 0 spiro atoms. The van der Waals surface area contributed by atoms with E-state index in [1.165, 1.54) is 25.7 Å². The van der Waals surface area contributed by atoms with E-state index in [4.69, 9.17) is 0 Å². The molecule has 0 unspecified atom stereocenters. The third kappa shape index (κ3) is 7.98. The molecule has 0 aromatic heterocycles. The molecular formula is C19H38IN5O. The predicted molar refractivity (Wildman–Crippen MR) is 119 cm³/mol. The maximum atomic E-state index is 11.8. The molecule has 1 heterocycles. The zero-order valence-electron chi connectivity index (χ0n) is 16.8. The lowest BCUT2D eigenvalue weighted by molar-refractivity contribution is -0.122. The third-order valence-corrected chi connectivity index (χ3v) is 5.58. The fourth-order valence-electron chi connectivity index (χ4n) is 3.85. The number of likely N-dealkylation sites (tertiary alicyclic amines) is 1. The minimum atomic E-state index is 0. The molecule has 2 aliphatic rings. The molecule has 1 aliphatic heterocycles. The number of amides is 1. The van der Waals surface area contributed by atoms with Gasteiger partial charge in [-0.05, 0) is 37.5 Å². The maximum absolute atomic E-state index is 11.8. The van der Waals surface area contributed by atoms with Gasteiger partial charge in [0.25, 0.3) is 0 Å². The Balaban J connectivity index is 0.00000338. The minimum Gasteiger partial charge on any atom is -0.356 e. The number of rotatable bonds is 7. The Bertz CT molecular complexity index is 443. The number of carbonyl (C=O) groups excluding carboxylic acids is 1. The Kier molecular flexibility index (Phi) is 10.8. The third-order valence-electron chi connectivity index (χ3n) is 5.58. The van der Waals surface area contributed by atoms with Crippen molar-refractivity contribution in [2.75, 3.05) is 39.8 Å². The van der Waals surface area contributed by atoms with Crippen LogP contribution in [0.4, 0.5) is 0 Å². The molecule has 0 aromatic rings. The lowest BCUT2D eigenvalue weighted by Gasteiger charge is -2.33. The molecule has 0 bridgehead atoms. The van der Waals surface area contributed by atoms with Crippen molar-refractivity contribution < 1.29 is 4.79 Å². The second kappa shape index (κ2) is 12.0. The summed E-state index contributed by atoms with van der Waals surface area (Å²) in [5.41, 5.74) is 0.423. The molecule has 7 heteroatoms. The fraction of sp³-hybridized carbons (Fsp3) is 0.895. The molecule has 2 rings (SSSR count). The summed E-state index contributed by atoms with van der Waals surface area (Å²) in [6.07, 6.45) is 8.44. The normalized spacial score (nSPS) is 21.1. The van der Waals surface area contributed by atoms with E-state index >= 15 is 0 Å². The Morgan fingerprint density at radius 1 is 1.19 bits per heavy atom. The topological polar surface area (TPSA) is 68.8 Å². The summed E-state index contributed by atoms with van der Waals surface area (Å²) in [6.45, 7) is 8.69. The summed E-state index contributed by atoms with van der Waals surface area (Å²) in [4.78, 5) is 18.5. The highest BCUT2D eigenvalue weighted by Gasteiger charge is 2.29. The first-order chi connectivity index (χ1) is 12.0. The minimum absolute atomic E-state index is 0. The van der Waals surface area contributed by atoms with Crippen LogP contribution in [0.1, 0.15) is 58.8 Å². The standard InChI is InChI=1S/C19H37N5O.HI/c1-4-11-21-17(25)14-24-12-7-16(8-13-24)23-18(20-3)22-15-19(2)9-5-6-10-19;/h16H,4-15H2,1-3H3,(H,21,25)(H2,20,22,23);1H. The van der Waals surface area contributed by atoms with Crippen molar-refractivity contribution in [3.05, 3.63) is 0 Å². The molecule has 1 saturated carbocycles. The fourth-order valence-corrected chi connectivity index (χ4v) is 3.85. The number of halogens is 1. The van der Waals surface area contributed by atoms with Gasteiger partial charge in [0.2, 0.25) is 5.91 Å². The molecule has 152 valence electrons. The molecule has 1 saturated heterocycles. The monoisotopic (exact) mass is 479 g/mol. The quantitative estimate of drug-likeness (QED) is 0.298. The van der Waals surface area contributed by atoms with Gasteiger partial charge < -0.3 is 16.0 Å². The highest BCUT2D eigenvalue weighted by Crippen LogP contribution is 2.36. The first-order valence-corrected chi connectivity index (χ1v) is 10.0. The molecule has 3 N–H and O–H groups in total. The molecule has 26 heavy (non-hydrogen) atoms. The van der Waals surface area contributed by atoms with E-state index in [0.29, 0.717) is 18.0 Å². The summed E-state index contributed by atoms with van der Waals surface area (Å²) >= 11 is 0. The van der Waals surface area contributed by atoms with E-state index < -0.39 is 0 Å². The van der Waals surface area contributed by atoms with Crippen LogP contribution in [0.25, 0.3) is 0 Å². The van der Waals surface area contributed by atoms with Crippen LogP contribution in [0.5, 0.6) is 0 Å². The highest BCUT2D eigenvalue weighted by atomic mass is 127. The zero-order valence-corrected chi connectivity index (χ0v) is 19.1. The number of aliphatic imine (C=N–C) groups is 1. The van der Waals surface area contributed by atoms with Crippen LogP contribution in [0.3, 0.4) is 0 Å². The average molecular weight is 479 g/mol. The number of piperidine rings is 1. The smallest absolute Gasteiger partial charge is 0.234 e. The predicted octanol–water partition coefficient (Wildman–Crippen LogP) is 2.34. The largest absolute Gasteiger partial charge is 0.356 e. The van der Waals surface area contributed by atoms with Gasteiger partial charge in [-0.25, -0.2) is 0 Å². The van der Waals surface area contributed by atoms with Gasteiger partial charge in [0.05, 0.1) is 6.54 Å². The van der Waals surface area contributed by atoms with Gasteiger partial charge in [-0.1, -0.05) is 26.7 Å². The molecule has 6 nitrogen and oxygen atoms in total. The van der Waals surface area contributed by atoms with Crippen LogP contribution in [0, 0.1) is 5.41 Å². The first-order valence-electron chi connectivity index (χ1n) is 10.0. The van der Waals surface area contributed by atoms with Crippen molar-refractivity contribution in [2.24, 2.45) is 10.4 Å². The molecule has 1 amide bonds. The first kappa shape index (κ1) is 23.5. The second-order valence-electron chi connectivity index (χ2n) is 7.99. The Labute approximate surface area is 176 Å². The number of guanidine groups is 1. The lowest BCUT2D eigenvalue weighted by atomic mass is 9.89. The summed E-state index contributed by atoms with van der Waals surface area (Å²) in [5, 5.41) is 10.0. The zero-order chi connectivity index (χ0) is 18.1. The van der Waals surface area contributed by atoms with Gasteiger partial charge in [0, 0.05) is 39.3 Å². The van der Waals surface area contributed by atoms with Crippen molar-refractivity contribution in [2.45, 2.75) is 64.8 Å². The van der Waals surface area contributed by atoms with Gasteiger partial charge in [-0.15, -0.1) is 24.0 Å². The SMILES string of the molecule is CCCNC(=O)CN1CCC(NC(=NC)NCC2(C)CCCC2)CC1.I. The number of hydrogen-bond acceptors (Lipinski definition) is 3. The maximum Gasteiger partial charge on any atom is 0.234 e. The molecular weight excluding hydrogens is 441 g/mol. The van der Waals surface area contributed by atoms with Crippen LogP contribution < -0.4 is 16.0 Å². The Morgan fingerprint density at radius 3 is 2.42 bits per heavy atom. The number of hydrogen-bond donors (Lipinski definition) is 3. The average Bonchev–Trinajstić information content (AvgIpc) is 3.05. The summed E-state index contributed by atoms with van der Waals surface area (Å²) in [7, 11) is 1.85. The van der Waals surface area contributed by atoms with Gasteiger partial charge in [-0.3, -0.25) is 14.7 Å². The van der Waals surface area contributed by atoms with Crippen LogP contribution in [0.15, 0.2) is 4.99 Å². The van der Waals surface area contributed by atoms with Crippen molar-refractivity contribution in [3.63, 3.8) is 0 Å². The Hall–Kier alpha value is -0.570. The summed E-state index contributed by atoms with van der Waals surface area (Å²) in [6, 6.07) is 0.442.